The molecule has 0 bridgehead atoms. The first-order valence-electron chi connectivity index (χ1n) is 5.28. The SMILES string of the molecule is N#Cc1ccccc1CS(=O)(=O)NCC(O)C(N)=O. The van der Waals surface area contributed by atoms with Gasteiger partial charge in [-0.1, -0.05) is 18.2 Å². The summed E-state index contributed by atoms with van der Waals surface area (Å²) in [6.07, 6.45) is -1.58. The van der Waals surface area contributed by atoms with E-state index in [0.29, 0.717) is 5.56 Å². The monoisotopic (exact) mass is 283 g/mol. The molecule has 1 aromatic rings. The maximum absolute atomic E-state index is 11.7. The number of primary amides is 1. The molecule has 0 aliphatic heterocycles. The number of benzene rings is 1. The molecule has 4 N–H and O–H groups in total. The summed E-state index contributed by atoms with van der Waals surface area (Å²) in [5.74, 6) is -1.43. The Morgan fingerprint density at radius 3 is 2.68 bits per heavy atom. The molecule has 0 heterocycles. The molecular formula is C11H13N3O4S. The predicted molar refractivity (Wildman–Crippen MR) is 67.0 cm³/mol. The van der Waals surface area contributed by atoms with Crippen LogP contribution in [0.15, 0.2) is 24.3 Å². The van der Waals surface area contributed by atoms with E-state index in [9.17, 15) is 13.2 Å². The average molecular weight is 283 g/mol. The molecule has 0 spiro atoms. The van der Waals surface area contributed by atoms with Gasteiger partial charge in [0.15, 0.2) is 0 Å². The Balaban J connectivity index is 2.75. The smallest absolute Gasteiger partial charge is 0.247 e. The van der Waals surface area contributed by atoms with E-state index < -0.39 is 34.3 Å². The highest BCUT2D eigenvalue weighted by Crippen LogP contribution is 2.10. The first kappa shape index (κ1) is 15.1. The van der Waals surface area contributed by atoms with Crippen LogP contribution in [-0.2, 0) is 20.6 Å². The van der Waals surface area contributed by atoms with Gasteiger partial charge in [-0.3, -0.25) is 4.79 Å². The van der Waals surface area contributed by atoms with Crippen LogP contribution in [0.2, 0.25) is 0 Å². The number of carbonyl (C=O) groups is 1. The van der Waals surface area contributed by atoms with E-state index in [-0.39, 0.29) is 5.56 Å². The van der Waals surface area contributed by atoms with Gasteiger partial charge in [0.05, 0.1) is 17.4 Å². The first-order chi connectivity index (χ1) is 8.85. The van der Waals surface area contributed by atoms with Crippen molar-refractivity contribution >= 4 is 15.9 Å². The minimum absolute atomic E-state index is 0.253. The maximum atomic E-state index is 11.7. The van der Waals surface area contributed by atoms with Gasteiger partial charge >= 0.3 is 0 Å². The lowest BCUT2D eigenvalue weighted by Crippen LogP contribution is -2.40. The number of hydrogen-bond donors (Lipinski definition) is 3. The Bertz CT molecular complexity index is 607. The summed E-state index contributed by atoms with van der Waals surface area (Å²) >= 11 is 0. The zero-order chi connectivity index (χ0) is 14.5. The Morgan fingerprint density at radius 1 is 1.47 bits per heavy atom. The van der Waals surface area contributed by atoms with Gasteiger partial charge < -0.3 is 10.8 Å². The zero-order valence-corrected chi connectivity index (χ0v) is 10.7. The molecule has 0 saturated heterocycles. The molecule has 1 unspecified atom stereocenters. The van der Waals surface area contributed by atoms with Crippen LogP contribution < -0.4 is 10.5 Å². The fraction of sp³-hybridized carbons (Fsp3) is 0.273. The lowest BCUT2D eigenvalue weighted by Gasteiger charge is -2.10. The highest BCUT2D eigenvalue weighted by atomic mass is 32.2. The Hall–Kier alpha value is -1.95. The molecule has 0 aromatic heterocycles. The van der Waals surface area contributed by atoms with Crippen molar-refractivity contribution in [2.24, 2.45) is 5.73 Å². The Morgan fingerprint density at radius 2 is 2.11 bits per heavy atom. The number of rotatable bonds is 6. The molecule has 1 rings (SSSR count). The van der Waals surface area contributed by atoms with Crippen molar-refractivity contribution in [2.45, 2.75) is 11.9 Å². The summed E-state index contributed by atoms with van der Waals surface area (Å²) < 4.78 is 25.5. The van der Waals surface area contributed by atoms with Crippen LogP contribution in [-0.4, -0.2) is 32.1 Å². The molecule has 1 aromatic carbocycles. The van der Waals surface area contributed by atoms with E-state index in [1.165, 1.54) is 12.1 Å². The number of nitriles is 1. The minimum atomic E-state index is -3.76. The highest BCUT2D eigenvalue weighted by molar-refractivity contribution is 7.88. The first-order valence-corrected chi connectivity index (χ1v) is 6.93. The molecule has 102 valence electrons. The van der Waals surface area contributed by atoms with Gasteiger partial charge in [-0.05, 0) is 11.6 Å². The second-order valence-electron chi connectivity index (χ2n) is 3.79. The van der Waals surface area contributed by atoms with Gasteiger partial charge in [0.25, 0.3) is 0 Å². The van der Waals surface area contributed by atoms with Crippen molar-refractivity contribution in [1.29, 1.82) is 5.26 Å². The third kappa shape index (κ3) is 4.67. The number of nitrogens with one attached hydrogen (secondary N) is 1. The minimum Gasteiger partial charge on any atom is -0.382 e. The van der Waals surface area contributed by atoms with Crippen LogP contribution >= 0.6 is 0 Å². The zero-order valence-electron chi connectivity index (χ0n) is 9.91. The topological polar surface area (TPSA) is 133 Å². The van der Waals surface area contributed by atoms with Crippen molar-refractivity contribution < 1.29 is 18.3 Å². The number of aliphatic hydroxyl groups is 1. The van der Waals surface area contributed by atoms with E-state index in [0.717, 1.165) is 0 Å². The van der Waals surface area contributed by atoms with Gasteiger partial charge in [0.1, 0.15) is 6.10 Å². The van der Waals surface area contributed by atoms with Crippen LogP contribution in [0.1, 0.15) is 11.1 Å². The molecular weight excluding hydrogens is 270 g/mol. The standard InChI is InChI=1S/C11H13N3O4S/c12-5-8-3-1-2-4-9(8)7-19(17,18)14-6-10(15)11(13)16/h1-4,10,14-15H,6-7H2,(H2,13,16). The molecule has 0 aliphatic carbocycles. The Kier molecular flexibility index (Phi) is 5.00. The van der Waals surface area contributed by atoms with Crippen molar-refractivity contribution in [1.82, 2.24) is 4.72 Å². The fourth-order valence-corrected chi connectivity index (χ4v) is 2.49. The number of nitrogens with two attached hydrogens (primary N) is 1. The molecule has 0 radical (unpaired) electrons. The summed E-state index contributed by atoms with van der Waals surface area (Å²) in [7, 11) is -3.76. The number of aliphatic hydroxyl groups excluding tert-OH is 1. The van der Waals surface area contributed by atoms with Gasteiger partial charge in [-0.2, -0.15) is 5.26 Å². The van der Waals surface area contributed by atoms with Crippen molar-refractivity contribution in [3.63, 3.8) is 0 Å². The third-order valence-corrected chi connectivity index (χ3v) is 3.61. The molecule has 1 amide bonds. The summed E-state index contributed by atoms with van der Waals surface area (Å²) in [4.78, 5) is 10.6. The van der Waals surface area contributed by atoms with E-state index in [1.807, 2.05) is 6.07 Å². The van der Waals surface area contributed by atoms with Crippen molar-refractivity contribution in [3.8, 4) is 6.07 Å². The maximum Gasteiger partial charge on any atom is 0.247 e. The van der Waals surface area contributed by atoms with Gasteiger partial charge in [0.2, 0.25) is 15.9 Å². The van der Waals surface area contributed by atoms with Gasteiger partial charge in [0, 0.05) is 6.54 Å². The van der Waals surface area contributed by atoms with Crippen LogP contribution in [0.25, 0.3) is 0 Å². The van der Waals surface area contributed by atoms with E-state index >= 15 is 0 Å². The number of hydrogen-bond acceptors (Lipinski definition) is 5. The number of sulfonamides is 1. The fourth-order valence-electron chi connectivity index (χ4n) is 1.32. The molecule has 0 fully saturated rings. The number of carbonyl (C=O) groups excluding carboxylic acids is 1. The van der Waals surface area contributed by atoms with Gasteiger partial charge in [-0.25, -0.2) is 13.1 Å². The summed E-state index contributed by atoms with van der Waals surface area (Å²) in [5, 5.41) is 17.9. The molecule has 0 aliphatic rings. The molecule has 8 heteroatoms. The van der Waals surface area contributed by atoms with Crippen LogP contribution in [0, 0.1) is 11.3 Å². The average Bonchev–Trinajstić information content (AvgIpc) is 2.36. The second-order valence-corrected chi connectivity index (χ2v) is 5.60. The highest BCUT2D eigenvalue weighted by Gasteiger charge is 2.18. The van der Waals surface area contributed by atoms with E-state index in [1.54, 1.807) is 12.1 Å². The largest absolute Gasteiger partial charge is 0.382 e. The number of amides is 1. The molecule has 1 atom stereocenters. The lowest BCUT2D eigenvalue weighted by molar-refractivity contribution is -0.125. The molecule has 0 saturated carbocycles. The predicted octanol–water partition coefficient (Wildman–Crippen LogP) is -1.18. The van der Waals surface area contributed by atoms with Crippen LogP contribution in [0.5, 0.6) is 0 Å². The quantitative estimate of drug-likeness (QED) is 0.604. The normalized spacial score (nSPS) is 12.6. The summed E-state index contributed by atoms with van der Waals surface area (Å²) in [6, 6.07) is 8.14. The van der Waals surface area contributed by atoms with Crippen molar-refractivity contribution in [2.75, 3.05) is 6.54 Å². The van der Waals surface area contributed by atoms with Gasteiger partial charge in [-0.15, -0.1) is 0 Å². The van der Waals surface area contributed by atoms with Crippen molar-refractivity contribution in [3.05, 3.63) is 35.4 Å². The number of nitrogens with zero attached hydrogens (tertiary/aromatic N) is 1. The third-order valence-electron chi connectivity index (χ3n) is 2.31. The molecule has 19 heavy (non-hydrogen) atoms. The second kappa shape index (κ2) is 6.29. The van der Waals surface area contributed by atoms with Crippen LogP contribution in [0.3, 0.4) is 0 Å². The summed E-state index contributed by atoms with van der Waals surface area (Å²) in [6.45, 7) is -0.494. The lowest BCUT2D eigenvalue weighted by atomic mass is 10.1. The Labute approximate surface area is 110 Å². The van der Waals surface area contributed by atoms with Crippen LogP contribution in [0.4, 0.5) is 0 Å². The van der Waals surface area contributed by atoms with E-state index in [4.69, 9.17) is 16.1 Å². The van der Waals surface area contributed by atoms with E-state index in [2.05, 4.69) is 4.72 Å². The molecule has 7 nitrogen and oxygen atoms in total. The summed E-state index contributed by atoms with van der Waals surface area (Å²) in [5.41, 5.74) is 5.39.